The molecule has 2 rings (SSSR count). The van der Waals surface area contributed by atoms with Gasteiger partial charge in [0, 0.05) is 41.3 Å². The number of piperidine rings is 1. The van der Waals surface area contributed by atoms with Gasteiger partial charge in [0.2, 0.25) is 0 Å². The largest absolute Gasteiger partial charge is 0.466 e. The predicted octanol–water partition coefficient (Wildman–Crippen LogP) is 4.40. The lowest BCUT2D eigenvalue weighted by Gasteiger charge is -2.33. The fraction of sp³-hybridized carbons (Fsp3) is 0.579. The van der Waals surface area contributed by atoms with Crippen LogP contribution >= 0.6 is 51.7 Å². The van der Waals surface area contributed by atoms with Gasteiger partial charge in [0.25, 0.3) is 0 Å². The maximum absolute atomic E-state index is 11.9. The first-order valence-electron chi connectivity index (χ1n) is 9.08. The van der Waals surface area contributed by atoms with E-state index in [2.05, 4.69) is 62.3 Å². The fourth-order valence-corrected chi connectivity index (χ4v) is 4.13. The van der Waals surface area contributed by atoms with Gasteiger partial charge in [-0.3, -0.25) is 9.79 Å². The minimum atomic E-state index is -0.0605. The van der Waals surface area contributed by atoms with Crippen LogP contribution in [0.4, 0.5) is 0 Å². The number of aliphatic imine (C=N–C) groups is 1. The second-order valence-electron chi connectivity index (χ2n) is 6.32. The van der Waals surface area contributed by atoms with Crippen molar-refractivity contribution in [2.45, 2.75) is 36.8 Å². The average Bonchev–Trinajstić information content (AvgIpc) is 2.65. The van der Waals surface area contributed by atoms with Gasteiger partial charge in [0.05, 0.1) is 12.5 Å². The number of halogens is 2. The molecule has 0 aromatic heterocycles. The number of ether oxygens (including phenoxy) is 1. The molecule has 152 valence electrons. The summed E-state index contributed by atoms with van der Waals surface area (Å²) >= 11 is 5.31. The number of carbonyl (C=O) groups is 1. The molecule has 5 nitrogen and oxygen atoms in total. The van der Waals surface area contributed by atoms with Gasteiger partial charge < -0.3 is 15.0 Å². The zero-order chi connectivity index (χ0) is 18.9. The summed E-state index contributed by atoms with van der Waals surface area (Å²) in [5.74, 6) is 0.876. The quantitative estimate of drug-likeness (QED) is 0.181. The van der Waals surface area contributed by atoms with Crippen LogP contribution in [0.3, 0.4) is 0 Å². The smallest absolute Gasteiger partial charge is 0.309 e. The number of hydrogen-bond donors (Lipinski definition) is 1. The van der Waals surface area contributed by atoms with E-state index in [4.69, 9.17) is 4.74 Å². The SMILES string of the molecule is CCOC(=O)C1CCN(C(=NC)NCC(C)Sc2ccc(Br)cc2)CC1.I. The zero-order valence-electron chi connectivity index (χ0n) is 16.1. The molecule has 0 saturated carbocycles. The molecule has 1 aliphatic rings. The van der Waals surface area contributed by atoms with Gasteiger partial charge in [0.1, 0.15) is 0 Å². The first kappa shape index (κ1) is 24.6. The summed E-state index contributed by atoms with van der Waals surface area (Å²) in [6.07, 6.45) is 1.64. The van der Waals surface area contributed by atoms with Crippen LogP contribution in [0.15, 0.2) is 38.6 Å². The lowest BCUT2D eigenvalue weighted by molar-refractivity contribution is -0.149. The maximum atomic E-state index is 11.9. The molecule has 1 unspecified atom stereocenters. The summed E-state index contributed by atoms with van der Waals surface area (Å²) in [5, 5.41) is 3.89. The minimum absolute atomic E-state index is 0. The highest BCUT2D eigenvalue weighted by Crippen LogP contribution is 2.24. The van der Waals surface area contributed by atoms with Crippen LogP contribution in [-0.4, -0.2) is 55.4 Å². The van der Waals surface area contributed by atoms with Gasteiger partial charge in [-0.1, -0.05) is 22.9 Å². The molecule has 1 aliphatic heterocycles. The fourth-order valence-electron chi connectivity index (χ4n) is 2.94. The standard InChI is InChI=1S/C19H28BrN3O2S.HI/c1-4-25-18(24)15-9-11-23(12-10-15)19(21-3)22-13-14(2)26-17-7-5-16(20)6-8-17;/h5-8,14-15H,4,9-13H2,1-3H3,(H,21,22);1H. The Hall–Kier alpha value is -0.480. The zero-order valence-corrected chi connectivity index (χ0v) is 20.8. The number of thioether (sulfide) groups is 1. The van der Waals surface area contributed by atoms with Crippen LogP contribution in [-0.2, 0) is 9.53 Å². The molecule has 27 heavy (non-hydrogen) atoms. The van der Waals surface area contributed by atoms with Crippen molar-refractivity contribution in [1.82, 2.24) is 10.2 Å². The van der Waals surface area contributed by atoms with E-state index in [0.717, 1.165) is 42.9 Å². The number of rotatable bonds is 6. The van der Waals surface area contributed by atoms with E-state index in [-0.39, 0.29) is 35.9 Å². The summed E-state index contributed by atoms with van der Waals surface area (Å²) < 4.78 is 6.23. The highest BCUT2D eigenvalue weighted by molar-refractivity contribution is 14.0. The molecule has 1 aromatic carbocycles. The number of nitrogens with one attached hydrogen (secondary N) is 1. The Balaban J connectivity index is 0.00000364. The van der Waals surface area contributed by atoms with Gasteiger partial charge in [-0.25, -0.2) is 0 Å². The summed E-state index contributed by atoms with van der Waals surface area (Å²) in [4.78, 5) is 19.8. The Labute approximate surface area is 192 Å². The molecular weight excluding hydrogens is 541 g/mol. The number of hydrogen-bond acceptors (Lipinski definition) is 4. The first-order chi connectivity index (χ1) is 12.5. The third-order valence-corrected chi connectivity index (χ3v) is 5.97. The normalized spacial score (nSPS) is 16.4. The topological polar surface area (TPSA) is 53.9 Å². The molecule has 1 aromatic rings. The third kappa shape index (κ3) is 8.19. The van der Waals surface area contributed by atoms with Crippen molar-refractivity contribution in [3.05, 3.63) is 28.7 Å². The van der Waals surface area contributed by atoms with Gasteiger partial charge >= 0.3 is 5.97 Å². The lowest BCUT2D eigenvalue weighted by Crippen LogP contribution is -2.47. The van der Waals surface area contributed by atoms with Crippen molar-refractivity contribution in [2.75, 3.05) is 33.3 Å². The van der Waals surface area contributed by atoms with Crippen LogP contribution in [0.2, 0.25) is 0 Å². The van der Waals surface area contributed by atoms with Crippen molar-refractivity contribution in [3.8, 4) is 0 Å². The number of guanidine groups is 1. The van der Waals surface area contributed by atoms with Gasteiger partial charge in [-0.05, 0) is 44.0 Å². The van der Waals surface area contributed by atoms with E-state index in [9.17, 15) is 4.79 Å². The molecule has 0 amide bonds. The third-order valence-electron chi connectivity index (χ3n) is 4.32. The molecule has 0 radical (unpaired) electrons. The summed E-state index contributed by atoms with van der Waals surface area (Å²) in [6, 6.07) is 8.38. The first-order valence-corrected chi connectivity index (χ1v) is 10.7. The van der Waals surface area contributed by atoms with Gasteiger partial charge in [0.15, 0.2) is 5.96 Å². The van der Waals surface area contributed by atoms with Crippen LogP contribution in [0.5, 0.6) is 0 Å². The number of nitrogens with zero attached hydrogens (tertiary/aromatic N) is 2. The molecule has 1 saturated heterocycles. The van der Waals surface area contributed by atoms with Crippen molar-refractivity contribution in [1.29, 1.82) is 0 Å². The molecule has 0 bridgehead atoms. The van der Waals surface area contributed by atoms with E-state index in [1.165, 1.54) is 4.90 Å². The number of benzene rings is 1. The van der Waals surface area contributed by atoms with E-state index < -0.39 is 0 Å². The molecule has 0 spiro atoms. The van der Waals surface area contributed by atoms with Crippen LogP contribution in [0.25, 0.3) is 0 Å². The molecule has 1 N–H and O–H groups in total. The molecular formula is C19H29BrIN3O2S. The highest BCUT2D eigenvalue weighted by atomic mass is 127. The second-order valence-corrected chi connectivity index (χ2v) is 8.75. The van der Waals surface area contributed by atoms with E-state index >= 15 is 0 Å². The van der Waals surface area contributed by atoms with Crippen molar-refractivity contribution in [2.24, 2.45) is 10.9 Å². The summed E-state index contributed by atoms with van der Waals surface area (Å²) in [7, 11) is 1.81. The number of likely N-dealkylation sites (tertiary alicyclic amines) is 1. The van der Waals surface area contributed by atoms with Crippen LogP contribution in [0, 0.1) is 5.92 Å². The van der Waals surface area contributed by atoms with Crippen molar-refractivity contribution < 1.29 is 9.53 Å². The monoisotopic (exact) mass is 569 g/mol. The van der Waals surface area contributed by atoms with Crippen LogP contribution < -0.4 is 5.32 Å². The Morgan fingerprint density at radius 2 is 2.00 bits per heavy atom. The molecule has 8 heteroatoms. The lowest BCUT2D eigenvalue weighted by atomic mass is 9.97. The van der Waals surface area contributed by atoms with E-state index in [1.807, 2.05) is 25.7 Å². The molecule has 1 atom stereocenters. The predicted molar refractivity (Wildman–Crippen MR) is 127 cm³/mol. The van der Waals surface area contributed by atoms with Crippen molar-refractivity contribution >= 4 is 63.6 Å². The minimum Gasteiger partial charge on any atom is -0.466 e. The molecule has 1 fully saturated rings. The summed E-state index contributed by atoms with van der Waals surface area (Å²) in [5.41, 5.74) is 0. The van der Waals surface area contributed by atoms with Crippen molar-refractivity contribution in [3.63, 3.8) is 0 Å². The Bertz CT molecular complexity index is 607. The Kier molecular flexibility index (Phi) is 11.7. The highest BCUT2D eigenvalue weighted by Gasteiger charge is 2.27. The Morgan fingerprint density at radius 1 is 1.37 bits per heavy atom. The molecule has 1 heterocycles. The Morgan fingerprint density at radius 3 is 2.56 bits per heavy atom. The van der Waals surface area contributed by atoms with Gasteiger partial charge in [-0.15, -0.1) is 35.7 Å². The number of esters is 1. The molecule has 0 aliphatic carbocycles. The number of carbonyl (C=O) groups excluding carboxylic acids is 1. The van der Waals surface area contributed by atoms with E-state index in [0.29, 0.717) is 11.9 Å². The average molecular weight is 570 g/mol. The second kappa shape index (κ2) is 12.9. The van der Waals surface area contributed by atoms with Crippen LogP contribution in [0.1, 0.15) is 26.7 Å². The van der Waals surface area contributed by atoms with E-state index in [1.54, 1.807) is 0 Å². The maximum Gasteiger partial charge on any atom is 0.309 e. The summed E-state index contributed by atoms with van der Waals surface area (Å²) in [6.45, 7) is 7.02. The van der Waals surface area contributed by atoms with Gasteiger partial charge in [-0.2, -0.15) is 0 Å².